The SMILES string of the molecule is COCCCS(=O)(=O)c1cc(C(C)C)ccc1C. The van der Waals surface area contributed by atoms with Crippen LogP contribution in [-0.2, 0) is 14.6 Å². The third-order valence-corrected chi connectivity index (χ3v) is 4.91. The summed E-state index contributed by atoms with van der Waals surface area (Å²) in [5.41, 5.74) is 1.88. The highest BCUT2D eigenvalue weighted by Gasteiger charge is 2.17. The van der Waals surface area contributed by atoms with Gasteiger partial charge in [0.2, 0.25) is 0 Å². The van der Waals surface area contributed by atoms with Crippen molar-refractivity contribution in [1.82, 2.24) is 0 Å². The van der Waals surface area contributed by atoms with E-state index >= 15 is 0 Å². The van der Waals surface area contributed by atoms with Gasteiger partial charge in [0.1, 0.15) is 0 Å². The van der Waals surface area contributed by atoms with Gasteiger partial charge in [-0.25, -0.2) is 8.42 Å². The van der Waals surface area contributed by atoms with Gasteiger partial charge in [-0.15, -0.1) is 0 Å². The van der Waals surface area contributed by atoms with Crippen molar-refractivity contribution in [3.63, 3.8) is 0 Å². The lowest BCUT2D eigenvalue weighted by molar-refractivity contribution is 0.199. The van der Waals surface area contributed by atoms with Crippen LogP contribution < -0.4 is 0 Å². The normalized spacial score (nSPS) is 12.1. The van der Waals surface area contributed by atoms with Crippen LogP contribution >= 0.6 is 0 Å². The molecule has 0 fully saturated rings. The van der Waals surface area contributed by atoms with Crippen molar-refractivity contribution in [3.05, 3.63) is 29.3 Å². The van der Waals surface area contributed by atoms with Crippen LogP contribution in [0.5, 0.6) is 0 Å². The quantitative estimate of drug-likeness (QED) is 0.746. The molecule has 1 rings (SSSR count). The second-order valence-corrected chi connectivity index (χ2v) is 6.92. The number of methoxy groups -OCH3 is 1. The van der Waals surface area contributed by atoms with Gasteiger partial charge in [-0.3, -0.25) is 0 Å². The van der Waals surface area contributed by atoms with Crippen LogP contribution in [0, 0.1) is 6.92 Å². The molecule has 0 spiro atoms. The lowest BCUT2D eigenvalue weighted by Gasteiger charge is -2.12. The van der Waals surface area contributed by atoms with Crippen LogP contribution in [-0.4, -0.2) is 27.9 Å². The Morgan fingerprint density at radius 1 is 1.28 bits per heavy atom. The molecule has 102 valence electrons. The van der Waals surface area contributed by atoms with Gasteiger partial charge in [-0.2, -0.15) is 0 Å². The molecule has 0 amide bonds. The zero-order chi connectivity index (χ0) is 13.8. The third kappa shape index (κ3) is 3.82. The summed E-state index contributed by atoms with van der Waals surface area (Å²) < 4.78 is 29.4. The zero-order valence-electron chi connectivity index (χ0n) is 11.6. The second-order valence-electron chi connectivity index (χ2n) is 4.84. The predicted octanol–water partition coefficient (Wildman–Crippen LogP) is 2.93. The Balaban J connectivity index is 3.03. The molecule has 0 unspecified atom stereocenters. The Labute approximate surface area is 110 Å². The first kappa shape index (κ1) is 15.2. The maximum absolute atomic E-state index is 12.2. The number of rotatable bonds is 6. The summed E-state index contributed by atoms with van der Waals surface area (Å²) in [4.78, 5) is 0.463. The van der Waals surface area contributed by atoms with Gasteiger partial charge in [0.25, 0.3) is 0 Å². The number of sulfone groups is 1. The standard InChI is InChI=1S/C14H22O3S/c1-11(2)13-7-6-12(3)14(10-13)18(15,16)9-5-8-17-4/h6-7,10-11H,5,8-9H2,1-4H3. The Morgan fingerprint density at radius 3 is 2.50 bits per heavy atom. The molecule has 0 aliphatic carbocycles. The molecule has 0 aromatic heterocycles. The molecule has 0 radical (unpaired) electrons. The van der Waals surface area contributed by atoms with Gasteiger partial charge < -0.3 is 4.74 Å². The average molecular weight is 270 g/mol. The fraction of sp³-hybridized carbons (Fsp3) is 0.571. The molecule has 1 aromatic carbocycles. The first-order valence-corrected chi connectivity index (χ1v) is 7.86. The Kier molecular flexibility index (Phi) is 5.35. The summed E-state index contributed by atoms with van der Waals surface area (Å²) in [6.45, 7) is 6.44. The predicted molar refractivity (Wildman–Crippen MR) is 73.8 cm³/mol. The highest BCUT2D eigenvalue weighted by atomic mass is 32.2. The van der Waals surface area contributed by atoms with Gasteiger partial charge >= 0.3 is 0 Å². The molecule has 0 bridgehead atoms. The van der Waals surface area contributed by atoms with E-state index in [1.54, 1.807) is 7.11 Å². The molecule has 3 nitrogen and oxygen atoms in total. The van der Waals surface area contributed by atoms with Crippen molar-refractivity contribution >= 4 is 9.84 Å². The van der Waals surface area contributed by atoms with Crippen LogP contribution in [0.25, 0.3) is 0 Å². The van der Waals surface area contributed by atoms with E-state index in [-0.39, 0.29) is 5.75 Å². The van der Waals surface area contributed by atoms with E-state index in [4.69, 9.17) is 4.74 Å². The maximum Gasteiger partial charge on any atom is 0.178 e. The molecular formula is C14H22O3S. The van der Waals surface area contributed by atoms with Crippen LogP contribution in [0.1, 0.15) is 37.3 Å². The van der Waals surface area contributed by atoms with E-state index in [9.17, 15) is 8.42 Å². The highest BCUT2D eigenvalue weighted by Crippen LogP contribution is 2.23. The van der Waals surface area contributed by atoms with Crippen LogP contribution in [0.3, 0.4) is 0 Å². The monoisotopic (exact) mass is 270 g/mol. The molecule has 0 heterocycles. The number of hydrogen-bond acceptors (Lipinski definition) is 3. The topological polar surface area (TPSA) is 43.4 Å². The molecule has 0 saturated heterocycles. The summed E-state index contributed by atoms with van der Waals surface area (Å²) in [6, 6.07) is 5.69. The third-order valence-electron chi connectivity index (χ3n) is 2.98. The zero-order valence-corrected chi connectivity index (χ0v) is 12.4. The van der Waals surface area contributed by atoms with Gasteiger partial charge in [0, 0.05) is 13.7 Å². The van der Waals surface area contributed by atoms with E-state index < -0.39 is 9.84 Å². The summed E-state index contributed by atoms with van der Waals surface area (Å²) in [7, 11) is -1.62. The van der Waals surface area contributed by atoms with Crippen molar-refractivity contribution in [2.24, 2.45) is 0 Å². The largest absolute Gasteiger partial charge is 0.385 e. The van der Waals surface area contributed by atoms with Gasteiger partial charge in [0.15, 0.2) is 9.84 Å². The molecule has 0 N–H and O–H groups in total. The number of benzene rings is 1. The minimum absolute atomic E-state index is 0.142. The van der Waals surface area contributed by atoms with E-state index in [1.165, 1.54) is 0 Å². The highest BCUT2D eigenvalue weighted by molar-refractivity contribution is 7.91. The summed E-state index contributed by atoms with van der Waals surface area (Å²) >= 11 is 0. The number of hydrogen-bond donors (Lipinski definition) is 0. The van der Waals surface area contributed by atoms with E-state index in [2.05, 4.69) is 13.8 Å². The molecule has 0 atom stereocenters. The fourth-order valence-electron chi connectivity index (χ4n) is 1.81. The first-order valence-electron chi connectivity index (χ1n) is 6.20. The summed E-state index contributed by atoms with van der Waals surface area (Å²) in [6.07, 6.45) is 0.532. The van der Waals surface area contributed by atoms with Crippen molar-refractivity contribution in [1.29, 1.82) is 0 Å². The van der Waals surface area contributed by atoms with Gasteiger partial charge in [0.05, 0.1) is 10.6 Å². The molecule has 18 heavy (non-hydrogen) atoms. The van der Waals surface area contributed by atoms with Crippen LogP contribution in [0.4, 0.5) is 0 Å². The fourth-order valence-corrected chi connectivity index (χ4v) is 3.41. The van der Waals surface area contributed by atoms with Crippen LogP contribution in [0.15, 0.2) is 23.1 Å². The van der Waals surface area contributed by atoms with Crippen molar-refractivity contribution in [2.45, 2.75) is 38.0 Å². The Hall–Kier alpha value is -0.870. The smallest absolute Gasteiger partial charge is 0.178 e. The second kappa shape index (κ2) is 6.34. The minimum Gasteiger partial charge on any atom is -0.385 e. The minimum atomic E-state index is -3.20. The average Bonchev–Trinajstić information content (AvgIpc) is 2.29. The molecule has 1 aromatic rings. The summed E-state index contributed by atoms with van der Waals surface area (Å²) in [5, 5.41) is 0. The Bertz CT molecular complexity index is 490. The molecule has 0 saturated carbocycles. The van der Waals surface area contributed by atoms with Crippen molar-refractivity contribution in [3.8, 4) is 0 Å². The lowest BCUT2D eigenvalue weighted by Crippen LogP contribution is -2.11. The van der Waals surface area contributed by atoms with Crippen molar-refractivity contribution in [2.75, 3.05) is 19.5 Å². The molecule has 0 aliphatic heterocycles. The van der Waals surface area contributed by atoms with Gasteiger partial charge in [-0.05, 0) is 36.5 Å². The molecule has 4 heteroatoms. The number of ether oxygens (including phenoxy) is 1. The number of aryl methyl sites for hydroxylation is 1. The summed E-state index contributed by atoms with van der Waals surface area (Å²) in [5.74, 6) is 0.474. The van der Waals surface area contributed by atoms with Crippen LogP contribution in [0.2, 0.25) is 0 Å². The van der Waals surface area contributed by atoms with E-state index in [0.29, 0.717) is 23.8 Å². The van der Waals surface area contributed by atoms with E-state index in [0.717, 1.165) is 11.1 Å². The lowest BCUT2D eigenvalue weighted by atomic mass is 10.0. The van der Waals surface area contributed by atoms with Crippen molar-refractivity contribution < 1.29 is 13.2 Å². The maximum atomic E-state index is 12.2. The molecular weight excluding hydrogens is 248 g/mol. The van der Waals surface area contributed by atoms with E-state index in [1.807, 2.05) is 25.1 Å². The first-order chi connectivity index (χ1) is 8.38. The Morgan fingerprint density at radius 2 is 1.94 bits per heavy atom. The van der Waals surface area contributed by atoms with Gasteiger partial charge in [-0.1, -0.05) is 26.0 Å². The molecule has 0 aliphatic rings.